The highest BCUT2D eigenvalue weighted by atomic mass is 32.1. The first kappa shape index (κ1) is 14.5. The van der Waals surface area contributed by atoms with Crippen molar-refractivity contribution < 1.29 is 0 Å². The normalized spacial score (nSPS) is 11.0. The SMILES string of the molecule is Cc1cc(CNCc2ccc(-c3ccccc3)s2)sc1C. The van der Waals surface area contributed by atoms with Crippen molar-refractivity contribution in [2.45, 2.75) is 26.9 Å². The first-order valence-corrected chi connectivity index (χ1v) is 8.76. The summed E-state index contributed by atoms with van der Waals surface area (Å²) in [5.41, 5.74) is 2.71. The minimum absolute atomic E-state index is 0.938. The van der Waals surface area contributed by atoms with Gasteiger partial charge in [-0.3, -0.25) is 0 Å². The van der Waals surface area contributed by atoms with Crippen molar-refractivity contribution in [2.75, 3.05) is 0 Å². The quantitative estimate of drug-likeness (QED) is 0.666. The molecule has 1 nitrogen and oxygen atoms in total. The minimum Gasteiger partial charge on any atom is -0.307 e. The number of rotatable bonds is 5. The topological polar surface area (TPSA) is 12.0 Å². The lowest BCUT2D eigenvalue weighted by Crippen LogP contribution is -2.10. The van der Waals surface area contributed by atoms with Gasteiger partial charge in [0.1, 0.15) is 0 Å². The molecule has 3 heteroatoms. The lowest BCUT2D eigenvalue weighted by Gasteiger charge is -2.00. The van der Waals surface area contributed by atoms with E-state index in [4.69, 9.17) is 0 Å². The molecule has 0 aliphatic carbocycles. The van der Waals surface area contributed by atoms with Gasteiger partial charge in [-0.1, -0.05) is 30.3 Å². The fourth-order valence-corrected chi connectivity index (χ4v) is 4.28. The fourth-order valence-electron chi connectivity index (χ4n) is 2.28. The van der Waals surface area contributed by atoms with Crippen LogP contribution >= 0.6 is 22.7 Å². The second kappa shape index (κ2) is 6.56. The zero-order valence-electron chi connectivity index (χ0n) is 12.3. The average Bonchev–Trinajstić information content (AvgIpc) is 3.08. The van der Waals surface area contributed by atoms with Crippen LogP contribution in [-0.4, -0.2) is 0 Å². The summed E-state index contributed by atoms with van der Waals surface area (Å²) >= 11 is 3.76. The Hall–Kier alpha value is -1.42. The third-order valence-electron chi connectivity index (χ3n) is 3.54. The Morgan fingerprint density at radius 3 is 2.33 bits per heavy atom. The molecule has 1 aromatic carbocycles. The summed E-state index contributed by atoms with van der Waals surface area (Å²) in [5.74, 6) is 0. The van der Waals surface area contributed by atoms with Crippen LogP contribution in [0.2, 0.25) is 0 Å². The fraction of sp³-hybridized carbons (Fsp3) is 0.222. The first-order valence-electron chi connectivity index (χ1n) is 7.13. The Morgan fingerprint density at radius 1 is 0.857 bits per heavy atom. The van der Waals surface area contributed by atoms with Crippen molar-refractivity contribution in [3.63, 3.8) is 0 Å². The predicted molar refractivity (Wildman–Crippen MR) is 94.1 cm³/mol. The highest BCUT2D eigenvalue weighted by molar-refractivity contribution is 7.15. The van der Waals surface area contributed by atoms with E-state index in [1.807, 2.05) is 22.7 Å². The van der Waals surface area contributed by atoms with Crippen LogP contribution in [0.15, 0.2) is 48.5 Å². The minimum atomic E-state index is 0.938. The molecule has 3 aromatic rings. The van der Waals surface area contributed by atoms with Crippen LogP contribution in [-0.2, 0) is 13.1 Å². The van der Waals surface area contributed by atoms with Gasteiger partial charge in [0.15, 0.2) is 0 Å². The lowest BCUT2D eigenvalue weighted by atomic mass is 10.2. The maximum atomic E-state index is 3.54. The van der Waals surface area contributed by atoms with Gasteiger partial charge in [0, 0.05) is 32.6 Å². The summed E-state index contributed by atoms with van der Waals surface area (Å²) in [5, 5.41) is 3.54. The van der Waals surface area contributed by atoms with E-state index in [0.717, 1.165) is 13.1 Å². The Morgan fingerprint density at radius 2 is 1.62 bits per heavy atom. The molecule has 0 aliphatic heterocycles. The number of benzene rings is 1. The summed E-state index contributed by atoms with van der Waals surface area (Å²) in [6, 6.07) is 17.3. The molecule has 0 saturated carbocycles. The smallest absolute Gasteiger partial charge is 0.0346 e. The lowest BCUT2D eigenvalue weighted by molar-refractivity contribution is 0.709. The number of aryl methyl sites for hydroxylation is 2. The van der Waals surface area contributed by atoms with E-state index in [-0.39, 0.29) is 0 Å². The van der Waals surface area contributed by atoms with E-state index in [1.54, 1.807) is 0 Å². The molecule has 0 unspecified atom stereocenters. The van der Waals surface area contributed by atoms with Crippen molar-refractivity contribution >= 4 is 22.7 Å². The molecule has 0 fully saturated rings. The summed E-state index contributed by atoms with van der Waals surface area (Å²) in [7, 11) is 0. The Kier molecular flexibility index (Phi) is 4.54. The van der Waals surface area contributed by atoms with Crippen LogP contribution in [0.3, 0.4) is 0 Å². The number of hydrogen-bond acceptors (Lipinski definition) is 3. The van der Waals surface area contributed by atoms with E-state index in [9.17, 15) is 0 Å². The molecule has 2 heterocycles. The van der Waals surface area contributed by atoms with Crippen LogP contribution in [0.1, 0.15) is 20.2 Å². The Balaban J connectivity index is 1.58. The maximum Gasteiger partial charge on any atom is 0.0346 e. The molecular formula is C18H19NS2. The van der Waals surface area contributed by atoms with Gasteiger partial charge in [-0.15, -0.1) is 22.7 Å². The molecular weight excluding hydrogens is 294 g/mol. The monoisotopic (exact) mass is 313 g/mol. The Bertz CT molecular complexity index is 690. The van der Waals surface area contributed by atoms with E-state index >= 15 is 0 Å². The zero-order chi connectivity index (χ0) is 14.7. The Labute approximate surface area is 134 Å². The van der Waals surface area contributed by atoms with E-state index < -0.39 is 0 Å². The van der Waals surface area contributed by atoms with Crippen molar-refractivity contribution in [3.8, 4) is 10.4 Å². The van der Waals surface area contributed by atoms with Gasteiger partial charge in [0.05, 0.1) is 0 Å². The van der Waals surface area contributed by atoms with Crippen LogP contribution in [0.5, 0.6) is 0 Å². The first-order chi connectivity index (χ1) is 10.2. The molecule has 0 atom stereocenters. The number of nitrogens with one attached hydrogen (secondary N) is 1. The van der Waals surface area contributed by atoms with Gasteiger partial charge >= 0.3 is 0 Å². The summed E-state index contributed by atoms with van der Waals surface area (Å²) < 4.78 is 0. The maximum absolute atomic E-state index is 3.54. The molecule has 0 spiro atoms. The molecule has 0 bridgehead atoms. The highest BCUT2D eigenvalue weighted by Crippen LogP contribution is 2.28. The van der Waals surface area contributed by atoms with Gasteiger partial charge in [0.2, 0.25) is 0 Å². The van der Waals surface area contributed by atoms with E-state index in [2.05, 4.69) is 67.7 Å². The van der Waals surface area contributed by atoms with Gasteiger partial charge in [-0.05, 0) is 43.2 Å². The molecule has 1 N–H and O–H groups in total. The second-order valence-electron chi connectivity index (χ2n) is 5.19. The summed E-state index contributed by atoms with van der Waals surface area (Å²) in [6.45, 7) is 6.26. The number of thiophene rings is 2. The van der Waals surface area contributed by atoms with Crippen molar-refractivity contribution in [1.29, 1.82) is 0 Å². The van der Waals surface area contributed by atoms with Crippen LogP contribution < -0.4 is 5.32 Å². The van der Waals surface area contributed by atoms with Gasteiger partial charge in [0.25, 0.3) is 0 Å². The standard InChI is InChI=1S/C18H19NS2/c1-13-10-17(20-14(13)2)12-19-11-16-8-9-18(21-16)15-6-4-3-5-7-15/h3-10,19H,11-12H2,1-2H3. The predicted octanol–water partition coefficient (Wildman–Crippen LogP) is 5.38. The molecule has 21 heavy (non-hydrogen) atoms. The second-order valence-corrected chi connectivity index (χ2v) is 7.70. The van der Waals surface area contributed by atoms with Crippen LogP contribution in [0, 0.1) is 13.8 Å². The third kappa shape index (κ3) is 3.62. The molecule has 0 amide bonds. The van der Waals surface area contributed by atoms with Crippen LogP contribution in [0.25, 0.3) is 10.4 Å². The van der Waals surface area contributed by atoms with Gasteiger partial charge in [-0.2, -0.15) is 0 Å². The molecule has 2 aromatic heterocycles. The largest absolute Gasteiger partial charge is 0.307 e. The number of hydrogen-bond donors (Lipinski definition) is 1. The molecule has 0 aliphatic rings. The van der Waals surface area contributed by atoms with Crippen molar-refractivity contribution in [1.82, 2.24) is 5.32 Å². The highest BCUT2D eigenvalue weighted by Gasteiger charge is 2.04. The molecule has 108 valence electrons. The average molecular weight is 313 g/mol. The summed E-state index contributed by atoms with van der Waals surface area (Å²) in [4.78, 5) is 5.58. The van der Waals surface area contributed by atoms with Crippen molar-refractivity contribution in [3.05, 3.63) is 68.7 Å². The van der Waals surface area contributed by atoms with Crippen LogP contribution in [0.4, 0.5) is 0 Å². The third-order valence-corrected chi connectivity index (χ3v) is 5.82. The van der Waals surface area contributed by atoms with Gasteiger partial charge in [-0.25, -0.2) is 0 Å². The van der Waals surface area contributed by atoms with Gasteiger partial charge < -0.3 is 5.32 Å². The van der Waals surface area contributed by atoms with E-state index in [1.165, 1.54) is 30.6 Å². The van der Waals surface area contributed by atoms with E-state index in [0.29, 0.717) is 0 Å². The zero-order valence-corrected chi connectivity index (χ0v) is 14.0. The van der Waals surface area contributed by atoms with Crippen molar-refractivity contribution in [2.24, 2.45) is 0 Å². The molecule has 3 rings (SSSR count). The summed E-state index contributed by atoms with van der Waals surface area (Å²) in [6.07, 6.45) is 0. The molecule has 0 radical (unpaired) electrons. The molecule has 0 saturated heterocycles.